The second-order valence-corrected chi connectivity index (χ2v) is 7.27. The number of nitrogens with zero attached hydrogens (tertiary/aromatic N) is 2. The van der Waals surface area contributed by atoms with Crippen LogP contribution < -0.4 is 24.8 Å². The highest BCUT2D eigenvalue weighted by Crippen LogP contribution is 2.39. The van der Waals surface area contributed by atoms with E-state index in [2.05, 4.69) is 25.3 Å². The van der Waals surface area contributed by atoms with Gasteiger partial charge in [0.05, 0.1) is 23.8 Å². The Labute approximate surface area is 188 Å². The van der Waals surface area contributed by atoms with Crippen LogP contribution in [0.15, 0.2) is 17.1 Å². The molecule has 0 saturated heterocycles. The number of fused-ring (bicyclic) bond motifs is 1. The van der Waals surface area contributed by atoms with Gasteiger partial charge in [-0.1, -0.05) is 0 Å². The fourth-order valence-corrected chi connectivity index (χ4v) is 3.58. The summed E-state index contributed by atoms with van der Waals surface area (Å²) in [6, 6.07) is 3.02. The molecular formula is C18H23F2IN4O3S. The Bertz CT molecular complexity index is 864. The maximum atomic E-state index is 12.8. The molecule has 1 aliphatic heterocycles. The molecule has 7 nitrogen and oxygen atoms in total. The van der Waals surface area contributed by atoms with E-state index in [1.165, 1.54) is 6.07 Å². The quantitative estimate of drug-likeness (QED) is 0.315. The molecule has 0 atom stereocenters. The van der Waals surface area contributed by atoms with Gasteiger partial charge in [0.2, 0.25) is 6.79 Å². The zero-order valence-corrected chi connectivity index (χ0v) is 19.4. The van der Waals surface area contributed by atoms with Crippen molar-refractivity contribution in [3.05, 3.63) is 33.3 Å². The number of nitrogens with one attached hydrogen (secondary N) is 2. The van der Waals surface area contributed by atoms with Crippen molar-refractivity contribution in [2.24, 2.45) is 4.99 Å². The third kappa shape index (κ3) is 6.29. The molecule has 2 heterocycles. The van der Waals surface area contributed by atoms with E-state index < -0.39 is 6.61 Å². The first-order chi connectivity index (χ1) is 13.5. The second kappa shape index (κ2) is 10.8. The zero-order chi connectivity index (χ0) is 20.1. The molecule has 0 radical (unpaired) electrons. The smallest absolute Gasteiger partial charge is 0.387 e. The zero-order valence-electron chi connectivity index (χ0n) is 16.3. The summed E-state index contributed by atoms with van der Waals surface area (Å²) < 4.78 is 40.7. The minimum atomic E-state index is -2.94. The normalized spacial score (nSPS) is 12.7. The van der Waals surface area contributed by atoms with Gasteiger partial charge in [-0.2, -0.15) is 8.78 Å². The molecule has 0 unspecified atom stereocenters. The van der Waals surface area contributed by atoms with Gasteiger partial charge in [-0.3, -0.25) is 0 Å². The third-order valence-electron chi connectivity index (χ3n) is 3.94. The van der Waals surface area contributed by atoms with Crippen LogP contribution in [0.2, 0.25) is 0 Å². The summed E-state index contributed by atoms with van der Waals surface area (Å²) in [5.41, 5.74) is 1.46. The lowest BCUT2D eigenvalue weighted by Gasteiger charge is -2.13. The number of hydrogen-bond donors (Lipinski definition) is 2. The highest BCUT2D eigenvalue weighted by Gasteiger charge is 2.20. The number of alkyl halides is 2. The van der Waals surface area contributed by atoms with Crippen LogP contribution in [-0.4, -0.2) is 30.9 Å². The number of aryl methyl sites for hydroxylation is 2. The van der Waals surface area contributed by atoms with Gasteiger partial charge in [0.1, 0.15) is 5.75 Å². The molecule has 3 rings (SSSR count). The van der Waals surface area contributed by atoms with Crippen LogP contribution in [0.3, 0.4) is 0 Å². The molecular weight excluding hydrogens is 517 g/mol. The van der Waals surface area contributed by atoms with E-state index in [1.54, 1.807) is 17.4 Å². The van der Waals surface area contributed by atoms with Crippen molar-refractivity contribution < 1.29 is 23.0 Å². The maximum Gasteiger partial charge on any atom is 0.387 e. The van der Waals surface area contributed by atoms with Gasteiger partial charge in [0, 0.05) is 23.1 Å². The third-order valence-corrected chi connectivity index (χ3v) is 5.01. The molecule has 11 heteroatoms. The fourth-order valence-electron chi connectivity index (χ4n) is 2.70. The van der Waals surface area contributed by atoms with Crippen molar-refractivity contribution in [2.75, 3.05) is 13.3 Å². The summed E-state index contributed by atoms with van der Waals surface area (Å²) in [6.07, 6.45) is 0. The summed E-state index contributed by atoms with van der Waals surface area (Å²) in [7, 11) is 0. The summed E-state index contributed by atoms with van der Waals surface area (Å²) in [4.78, 5) is 10.0. The molecule has 0 amide bonds. The Morgan fingerprint density at radius 2 is 2.00 bits per heavy atom. The topological polar surface area (TPSA) is 77.0 Å². The Morgan fingerprint density at radius 3 is 2.62 bits per heavy atom. The molecule has 0 spiro atoms. The largest absolute Gasteiger partial charge is 0.454 e. The average Bonchev–Trinajstić information content (AvgIpc) is 3.21. The number of halogens is 3. The Kier molecular flexibility index (Phi) is 8.68. The monoisotopic (exact) mass is 540 g/mol. The van der Waals surface area contributed by atoms with E-state index >= 15 is 0 Å². The molecule has 0 saturated carbocycles. The number of benzene rings is 1. The average molecular weight is 540 g/mol. The van der Waals surface area contributed by atoms with Crippen molar-refractivity contribution in [3.8, 4) is 17.2 Å². The summed E-state index contributed by atoms with van der Waals surface area (Å²) in [5, 5.41) is 7.38. The van der Waals surface area contributed by atoms with Crippen LogP contribution >= 0.6 is 35.3 Å². The number of aromatic nitrogens is 1. The van der Waals surface area contributed by atoms with E-state index in [0.29, 0.717) is 36.1 Å². The molecule has 1 aliphatic rings. The van der Waals surface area contributed by atoms with Crippen LogP contribution in [0.25, 0.3) is 0 Å². The Morgan fingerprint density at radius 1 is 1.28 bits per heavy atom. The van der Waals surface area contributed by atoms with Crippen molar-refractivity contribution in [2.45, 2.75) is 40.5 Å². The number of rotatable bonds is 7. The first-order valence-electron chi connectivity index (χ1n) is 8.78. The van der Waals surface area contributed by atoms with Gasteiger partial charge in [-0.15, -0.1) is 35.3 Å². The van der Waals surface area contributed by atoms with Crippen molar-refractivity contribution >= 4 is 41.3 Å². The van der Waals surface area contributed by atoms with Crippen LogP contribution in [0.5, 0.6) is 17.2 Å². The SMILES string of the molecule is CCNC(=NCc1cc2c(cc1OC(F)F)OCO2)NCc1sc(C)nc1C.I. The number of guanidine groups is 1. The van der Waals surface area contributed by atoms with E-state index in [0.717, 1.165) is 15.6 Å². The van der Waals surface area contributed by atoms with Crippen molar-refractivity contribution in [3.63, 3.8) is 0 Å². The number of hydrogen-bond acceptors (Lipinski definition) is 6. The standard InChI is InChI=1S/C18H22F2N4O3S.HI/c1-4-21-18(23-8-16-10(2)24-11(3)28-16)22-7-12-5-14-15(26-9-25-14)6-13(12)27-17(19)20;/h5-6,17H,4,7-9H2,1-3H3,(H2,21,22,23);1H. The first-order valence-corrected chi connectivity index (χ1v) is 9.60. The van der Waals surface area contributed by atoms with Crippen molar-refractivity contribution in [1.29, 1.82) is 0 Å². The molecule has 1 aromatic carbocycles. The van der Waals surface area contributed by atoms with Gasteiger partial charge in [0.25, 0.3) is 0 Å². The van der Waals surface area contributed by atoms with Gasteiger partial charge >= 0.3 is 6.61 Å². The molecule has 2 aromatic rings. The van der Waals surface area contributed by atoms with Gasteiger partial charge < -0.3 is 24.8 Å². The highest BCUT2D eigenvalue weighted by molar-refractivity contribution is 14.0. The maximum absolute atomic E-state index is 12.8. The van der Waals surface area contributed by atoms with Crippen LogP contribution in [-0.2, 0) is 13.1 Å². The lowest BCUT2D eigenvalue weighted by molar-refractivity contribution is -0.0505. The first kappa shape index (κ1) is 23.4. The number of aliphatic imine (C=N–C) groups is 1. The lowest BCUT2D eigenvalue weighted by atomic mass is 10.1. The molecule has 29 heavy (non-hydrogen) atoms. The van der Waals surface area contributed by atoms with Gasteiger partial charge in [0.15, 0.2) is 17.5 Å². The van der Waals surface area contributed by atoms with Gasteiger partial charge in [-0.05, 0) is 26.8 Å². The fraction of sp³-hybridized carbons (Fsp3) is 0.444. The van der Waals surface area contributed by atoms with Crippen LogP contribution in [0, 0.1) is 13.8 Å². The minimum Gasteiger partial charge on any atom is -0.454 e. The molecule has 0 bridgehead atoms. The second-order valence-electron chi connectivity index (χ2n) is 5.98. The van der Waals surface area contributed by atoms with Crippen LogP contribution in [0.4, 0.5) is 8.78 Å². The molecule has 0 fully saturated rings. The minimum absolute atomic E-state index is 0. The summed E-state index contributed by atoms with van der Waals surface area (Å²) in [5.74, 6) is 1.45. The van der Waals surface area contributed by atoms with E-state index in [4.69, 9.17) is 9.47 Å². The summed E-state index contributed by atoms with van der Waals surface area (Å²) >= 11 is 1.62. The van der Waals surface area contributed by atoms with E-state index in [1.807, 2.05) is 20.8 Å². The van der Waals surface area contributed by atoms with E-state index in [9.17, 15) is 8.78 Å². The van der Waals surface area contributed by atoms with Gasteiger partial charge in [-0.25, -0.2) is 9.98 Å². The Balaban J connectivity index is 0.00000300. The predicted octanol–water partition coefficient (Wildman–Crippen LogP) is 3.96. The van der Waals surface area contributed by atoms with Crippen LogP contribution in [0.1, 0.15) is 28.1 Å². The molecule has 0 aliphatic carbocycles. The number of thiazole rings is 1. The molecule has 1 aromatic heterocycles. The van der Waals surface area contributed by atoms with E-state index in [-0.39, 0.29) is 43.1 Å². The number of ether oxygens (including phenoxy) is 3. The molecule has 2 N–H and O–H groups in total. The highest BCUT2D eigenvalue weighted by atomic mass is 127. The summed E-state index contributed by atoms with van der Waals surface area (Å²) in [6.45, 7) is 4.36. The Hall–Kier alpha value is -1.89. The molecule has 160 valence electrons. The lowest BCUT2D eigenvalue weighted by Crippen LogP contribution is -2.36. The predicted molar refractivity (Wildman–Crippen MR) is 118 cm³/mol. The van der Waals surface area contributed by atoms with Crippen molar-refractivity contribution in [1.82, 2.24) is 15.6 Å².